The molecule has 2 aliphatic rings. The van der Waals surface area contributed by atoms with Crippen LogP contribution in [0.15, 0.2) is 0 Å². The van der Waals surface area contributed by atoms with E-state index in [1.807, 2.05) is 0 Å². The Balaban J connectivity index is 1.90. The minimum absolute atomic E-state index is 0.0457. The van der Waals surface area contributed by atoms with Gasteiger partial charge < -0.3 is 15.2 Å². The molecule has 2 fully saturated rings. The zero-order valence-electron chi connectivity index (χ0n) is 8.20. The van der Waals surface area contributed by atoms with E-state index in [1.54, 1.807) is 0 Å². The second-order valence-electron chi connectivity index (χ2n) is 4.23. The van der Waals surface area contributed by atoms with Crippen LogP contribution in [0.2, 0.25) is 0 Å². The fourth-order valence-corrected chi connectivity index (χ4v) is 2.01. The highest BCUT2D eigenvalue weighted by atomic mass is 16.5. The molecule has 0 aromatic heterocycles. The average Bonchev–Trinajstić information content (AvgIpc) is 2.85. The van der Waals surface area contributed by atoms with E-state index in [-0.39, 0.29) is 18.1 Å². The van der Waals surface area contributed by atoms with E-state index in [0.717, 1.165) is 25.9 Å². The molecule has 1 aliphatic heterocycles. The van der Waals surface area contributed by atoms with E-state index in [9.17, 15) is 5.11 Å². The van der Waals surface area contributed by atoms with Crippen LogP contribution in [0.25, 0.3) is 0 Å². The van der Waals surface area contributed by atoms with Crippen LogP contribution in [0.3, 0.4) is 0 Å². The van der Waals surface area contributed by atoms with Crippen molar-refractivity contribution in [2.75, 3.05) is 19.8 Å². The Morgan fingerprint density at radius 1 is 1.64 bits per heavy atom. The Kier molecular flexibility index (Phi) is 2.73. The fourth-order valence-electron chi connectivity index (χ4n) is 2.01. The van der Waals surface area contributed by atoms with Gasteiger partial charge in [-0.05, 0) is 19.3 Å². The molecule has 14 heavy (non-hydrogen) atoms. The number of nitrogens with zero attached hydrogens (tertiary/aromatic N) is 1. The Hall–Kier alpha value is -0.630. The predicted octanol–water partition coefficient (Wildman–Crippen LogP) is 0.0296. The zero-order valence-corrected chi connectivity index (χ0v) is 8.20. The van der Waals surface area contributed by atoms with E-state index in [2.05, 4.69) is 11.4 Å². The van der Waals surface area contributed by atoms with Crippen LogP contribution in [0.5, 0.6) is 0 Å². The number of hydrogen-bond acceptors (Lipinski definition) is 4. The molecule has 2 unspecified atom stereocenters. The zero-order chi connectivity index (χ0) is 10.0. The lowest BCUT2D eigenvalue weighted by Crippen LogP contribution is -2.46. The van der Waals surface area contributed by atoms with Crippen molar-refractivity contribution in [2.45, 2.75) is 31.3 Å². The monoisotopic (exact) mass is 196 g/mol. The van der Waals surface area contributed by atoms with Gasteiger partial charge in [0.25, 0.3) is 0 Å². The van der Waals surface area contributed by atoms with Crippen molar-refractivity contribution in [3.8, 4) is 6.07 Å². The minimum Gasteiger partial charge on any atom is -0.395 e. The first-order valence-corrected chi connectivity index (χ1v) is 5.17. The first kappa shape index (κ1) is 9.91. The van der Waals surface area contributed by atoms with Gasteiger partial charge in [-0.15, -0.1) is 0 Å². The van der Waals surface area contributed by atoms with Crippen molar-refractivity contribution in [3.05, 3.63) is 0 Å². The number of aliphatic hydroxyl groups excluding tert-OH is 1. The summed E-state index contributed by atoms with van der Waals surface area (Å²) in [6, 6.07) is 2.56. The number of ether oxygens (including phenoxy) is 1. The Morgan fingerprint density at radius 2 is 2.43 bits per heavy atom. The molecule has 0 spiro atoms. The smallest absolute Gasteiger partial charge is 0.0750 e. The Labute approximate surface area is 83.9 Å². The summed E-state index contributed by atoms with van der Waals surface area (Å²) >= 11 is 0. The van der Waals surface area contributed by atoms with Gasteiger partial charge in [-0.2, -0.15) is 5.26 Å². The third kappa shape index (κ3) is 1.76. The van der Waals surface area contributed by atoms with Gasteiger partial charge in [-0.25, -0.2) is 0 Å². The lowest BCUT2D eigenvalue weighted by molar-refractivity contribution is 0.169. The SMILES string of the molecule is N#CC1(C(CO)NC2CCOC2)CC1. The van der Waals surface area contributed by atoms with Crippen molar-refractivity contribution in [1.29, 1.82) is 5.26 Å². The second kappa shape index (κ2) is 3.85. The first-order chi connectivity index (χ1) is 6.80. The van der Waals surface area contributed by atoms with Gasteiger partial charge in [-0.3, -0.25) is 0 Å². The van der Waals surface area contributed by atoms with E-state index < -0.39 is 0 Å². The van der Waals surface area contributed by atoms with Crippen LogP contribution >= 0.6 is 0 Å². The van der Waals surface area contributed by atoms with E-state index in [4.69, 9.17) is 10.00 Å². The molecular formula is C10H16N2O2. The van der Waals surface area contributed by atoms with Gasteiger partial charge in [0.1, 0.15) is 0 Å². The van der Waals surface area contributed by atoms with Gasteiger partial charge in [0, 0.05) is 18.7 Å². The summed E-state index contributed by atoms with van der Waals surface area (Å²) < 4.78 is 5.24. The van der Waals surface area contributed by atoms with Crippen molar-refractivity contribution in [3.63, 3.8) is 0 Å². The number of rotatable bonds is 4. The molecule has 0 bridgehead atoms. The summed E-state index contributed by atoms with van der Waals surface area (Å²) in [5, 5.41) is 21.6. The number of nitriles is 1. The molecular weight excluding hydrogens is 180 g/mol. The Morgan fingerprint density at radius 3 is 2.86 bits per heavy atom. The number of nitrogens with one attached hydrogen (secondary N) is 1. The molecule has 4 heteroatoms. The van der Waals surface area contributed by atoms with Crippen molar-refractivity contribution < 1.29 is 9.84 Å². The summed E-state index contributed by atoms with van der Waals surface area (Å²) in [5.41, 5.74) is -0.294. The molecule has 1 heterocycles. The minimum atomic E-state index is -0.294. The van der Waals surface area contributed by atoms with Crippen LogP contribution in [0, 0.1) is 16.7 Å². The lowest BCUT2D eigenvalue weighted by Gasteiger charge is -2.23. The van der Waals surface area contributed by atoms with Gasteiger partial charge in [0.15, 0.2) is 0 Å². The summed E-state index contributed by atoms with van der Waals surface area (Å²) in [6.45, 7) is 1.54. The maximum absolute atomic E-state index is 9.24. The molecule has 0 aromatic rings. The predicted molar refractivity (Wildman–Crippen MR) is 50.5 cm³/mol. The highest BCUT2D eigenvalue weighted by Crippen LogP contribution is 2.48. The summed E-state index contributed by atoms with van der Waals surface area (Å²) in [4.78, 5) is 0. The van der Waals surface area contributed by atoms with Crippen molar-refractivity contribution in [2.24, 2.45) is 5.41 Å². The quantitative estimate of drug-likeness (QED) is 0.665. The third-order valence-corrected chi connectivity index (χ3v) is 3.23. The first-order valence-electron chi connectivity index (χ1n) is 5.17. The molecule has 2 rings (SSSR count). The van der Waals surface area contributed by atoms with E-state index in [1.165, 1.54) is 0 Å². The average molecular weight is 196 g/mol. The molecule has 0 radical (unpaired) electrons. The lowest BCUT2D eigenvalue weighted by atomic mass is 9.98. The number of aliphatic hydroxyl groups is 1. The fraction of sp³-hybridized carbons (Fsp3) is 0.900. The standard InChI is InChI=1S/C10H16N2O2/c11-7-10(2-3-10)9(5-13)12-8-1-4-14-6-8/h8-9,12-13H,1-6H2. The molecule has 2 atom stereocenters. The highest BCUT2D eigenvalue weighted by molar-refractivity contribution is 5.16. The second-order valence-corrected chi connectivity index (χ2v) is 4.23. The van der Waals surface area contributed by atoms with Crippen LogP contribution in [-0.2, 0) is 4.74 Å². The maximum atomic E-state index is 9.24. The molecule has 0 amide bonds. The van der Waals surface area contributed by atoms with E-state index in [0.29, 0.717) is 12.6 Å². The molecule has 1 saturated carbocycles. The van der Waals surface area contributed by atoms with Crippen LogP contribution < -0.4 is 5.32 Å². The van der Waals surface area contributed by atoms with Crippen LogP contribution in [0.4, 0.5) is 0 Å². The highest BCUT2D eigenvalue weighted by Gasteiger charge is 2.50. The largest absolute Gasteiger partial charge is 0.395 e. The van der Waals surface area contributed by atoms with E-state index >= 15 is 0 Å². The molecule has 78 valence electrons. The van der Waals surface area contributed by atoms with Crippen LogP contribution in [0.1, 0.15) is 19.3 Å². The molecule has 4 nitrogen and oxygen atoms in total. The normalized spacial score (nSPS) is 31.0. The summed E-state index contributed by atoms with van der Waals surface area (Å²) in [6.07, 6.45) is 2.81. The van der Waals surface area contributed by atoms with Gasteiger partial charge in [0.2, 0.25) is 0 Å². The number of hydrogen-bond donors (Lipinski definition) is 2. The molecule has 1 saturated heterocycles. The van der Waals surface area contributed by atoms with Crippen LogP contribution in [-0.4, -0.2) is 37.0 Å². The van der Waals surface area contributed by atoms with Crippen molar-refractivity contribution in [1.82, 2.24) is 5.32 Å². The Bertz CT molecular complexity index is 239. The molecule has 0 aromatic carbocycles. The van der Waals surface area contributed by atoms with Gasteiger partial charge in [-0.1, -0.05) is 0 Å². The third-order valence-electron chi connectivity index (χ3n) is 3.23. The molecule has 1 aliphatic carbocycles. The topological polar surface area (TPSA) is 65.3 Å². The van der Waals surface area contributed by atoms with Gasteiger partial charge >= 0.3 is 0 Å². The summed E-state index contributed by atoms with van der Waals surface area (Å²) in [7, 11) is 0. The summed E-state index contributed by atoms with van der Waals surface area (Å²) in [5.74, 6) is 0. The molecule has 2 N–H and O–H groups in total. The van der Waals surface area contributed by atoms with Crippen molar-refractivity contribution >= 4 is 0 Å². The maximum Gasteiger partial charge on any atom is 0.0750 e. The van der Waals surface area contributed by atoms with Gasteiger partial charge in [0.05, 0.1) is 24.7 Å².